The van der Waals surface area contributed by atoms with Gasteiger partial charge in [0.15, 0.2) is 0 Å². The summed E-state index contributed by atoms with van der Waals surface area (Å²) in [6.07, 6.45) is 6.48. The molecule has 2 aliphatic rings. The monoisotopic (exact) mass is 783 g/mol. The van der Waals surface area contributed by atoms with E-state index in [1.165, 1.54) is 110 Å². The topological polar surface area (TPSA) is 3.24 Å². The number of para-hydroxylation sites is 2. The van der Waals surface area contributed by atoms with E-state index < -0.39 is 0 Å². The first-order chi connectivity index (χ1) is 30.2. The molecule has 0 spiro atoms. The van der Waals surface area contributed by atoms with Gasteiger partial charge in [-0.3, -0.25) is 0 Å². The van der Waals surface area contributed by atoms with Gasteiger partial charge in [0.2, 0.25) is 0 Å². The fourth-order valence-electron chi connectivity index (χ4n) is 10.7. The molecule has 61 heavy (non-hydrogen) atoms. The molecular formula is C60H49N. The summed E-state index contributed by atoms with van der Waals surface area (Å²) in [4.78, 5) is 2.51. The van der Waals surface area contributed by atoms with Crippen molar-refractivity contribution in [3.63, 3.8) is 0 Å². The molecule has 2 aliphatic carbocycles. The molecule has 0 aromatic heterocycles. The molecule has 9 aromatic carbocycles. The summed E-state index contributed by atoms with van der Waals surface area (Å²) in [7, 11) is 0. The van der Waals surface area contributed by atoms with Gasteiger partial charge in [-0.1, -0.05) is 201 Å². The molecule has 1 heteroatoms. The lowest BCUT2D eigenvalue weighted by atomic mass is 9.74. The van der Waals surface area contributed by atoms with Crippen LogP contribution in [0.3, 0.4) is 0 Å². The van der Waals surface area contributed by atoms with Gasteiger partial charge in [-0.2, -0.15) is 0 Å². The Kier molecular flexibility index (Phi) is 9.46. The second kappa shape index (κ2) is 15.6. The molecule has 0 heterocycles. The van der Waals surface area contributed by atoms with E-state index in [1.807, 2.05) is 0 Å². The smallest absolute Gasteiger partial charge is 0.0540 e. The van der Waals surface area contributed by atoms with E-state index in [9.17, 15) is 0 Å². The molecule has 294 valence electrons. The van der Waals surface area contributed by atoms with Gasteiger partial charge in [0.05, 0.1) is 11.4 Å². The molecule has 0 N–H and O–H groups in total. The van der Waals surface area contributed by atoms with Crippen molar-refractivity contribution < 1.29 is 0 Å². The average Bonchev–Trinajstić information content (AvgIpc) is 3.60. The summed E-state index contributed by atoms with van der Waals surface area (Å²) in [5, 5.41) is 2.71. The van der Waals surface area contributed by atoms with Crippen molar-refractivity contribution in [1.29, 1.82) is 0 Å². The standard InChI is InChI=1S/C60H49N/c1-60(47-25-9-4-10-26-47)55-32-14-11-28-51(55)52-40-37-46(41-56(52)60)49-27-12-15-33-57(49)61(48-38-35-43(36-39-48)42-19-5-2-6-20-42)58-34-16-13-29-53(58)54-31-18-24-45-23-17-30-50(59(45)54)44-21-7-3-8-22-44/h2,4-6,9-20,23-41,44H,3,7-8,21-22H2,1H3. The number of anilines is 3. The number of fused-ring (bicyclic) bond motifs is 4. The number of hydrogen-bond donors (Lipinski definition) is 0. The van der Waals surface area contributed by atoms with Gasteiger partial charge in [-0.15, -0.1) is 0 Å². The van der Waals surface area contributed by atoms with Crippen LogP contribution in [-0.4, -0.2) is 0 Å². The lowest BCUT2D eigenvalue weighted by Crippen LogP contribution is -2.22. The van der Waals surface area contributed by atoms with Crippen molar-refractivity contribution in [1.82, 2.24) is 0 Å². The largest absolute Gasteiger partial charge is 0.309 e. The average molecular weight is 784 g/mol. The summed E-state index contributed by atoms with van der Waals surface area (Å²) in [6, 6.07) is 79.1. The van der Waals surface area contributed by atoms with Gasteiger partial charge < -0.3 is 4.90 Å². The molecule has 1 atom stereocenters. The van der Waals surface area contributed by atoms with Crippen molar-refractivity contribution in [2.24, 2.45) is 0 Å². The van der Waals surface area contributed by atoms with Crippen LogP contribution < -0.4 is 4.90 Å². The molecule has 1 fully saturated rings. The normalized spacial score (nSPS) is 16.0. The van der Waals surface area contributed by atoms with Crippen molar-refractivity contribution in [3.8, 4) is 44.5 Å². The highest BCUT2D eigenvalue weighted by Crippen LogP contribution is 2.54. The summed E-state index contributed by atoms with van der Waals surface area (Å²) in [6.45, 7) is 2.41. The van der Waals surface area contributed by atoms with Gasteiger partial charge in [0.25, 0.3) is 0 Å². The van der Waals surface area contributed by atoms with Gasteiger partial charge >= 0.3 is 0 Å². The second-order valence-corrected chi connectivity index (χ2v) is 17.2. The Labute approximate surface area is 360 Å². The molecule has 1 unspecified atom stereocenters. The van der Waals surface area contributed by atoms with E-state index in [0.717, 1.165) is 17.1 Å². The maximum absolute atomic E-state index is 2.51. The molecule has 0 aliphatic heterocycles. The molecule has 1 saturated carbocycles. The minimum atomic E-state index is -0.290. The van der Waals surface area contributed by atoms with Crippen molar-refractivity contribution in [2.45, 2.75) is 50.4 Å². The van der Waals surface area contributed by atoms with Crippen LogP contribution in [0, 0.1) is 0 Å². The zero-order chi connectivity index (χ0) is 40.8. The minimum absolute atomic E-state index is 0.290. The van der Waals surface area contributed by atoms with Gasteiger partial charge in [-0.05, 0) is 122 Å². The van der Waals surface area contributed by atoms with E-state index in [0.29, 0.717) is 5.92 Å². The molecule has 9 aromatic rings. The predicted molar refractivity (Wildman–Crippen MR) is 258 cm³/mol. The molecule has 0 saturated heterocycles. The van der Waals surface area contributed by atoms with Gasteiger partial charge in [0.1, 0.15) is 0 Å². The lowest BCUT2D eigenvalue weighted by molar-refractivity contribution is 0.445. The van der Waals surface area contributed by atoms with E-state index >= 15 is 0 Å². The molecular weight excluding hydrogens is 735 g/mol. The predicted octanol–water partition coefficient (Wildman–Crippen LogP) is 16.7. The Morgan fingerprint density at radius 1 is 0.410 bits per heavy atom. The fourth-order valence-corrected chi connectivity index (χ4v) is 10.7. The van der Waals surface area contributed by atoms with Crippen molar-refractivity contribution >= 4 is 27.8 Å². The number of rotatable bonds is 8. The quantitative estimate of drug-likeness (QED) is 0.148. The molecule has 0 amide bonds. The van der Waals surface area contributed by atoms with Crippen LogP contribution in [0.25, 0.3) is 55.3 Å². The SMILES string of the molecule is CC1(c2ccccc2)c2ccccc2-c2ccc(-c3ccccc3N(c3ccc(-c4ccccc4)cc3)c3ccccc3-c3cccc4cccc(C5CCCCC5)c34)cc21. The highest BCUT2D eigenvalue weighted by Gasteiger charge is 2.41. The van der Waals surface area contributed by atoms with Crippen molar-refractivity contribution in [3.05, 3.63) is 235 Å². The maximum atomic E-state index is 2.51. The van der Waals surface area contributed by atoms with Crippen LogP contribution in [0.2, 0.25) is 0 Å². The Morgan fingerprint density at radius 3 is 1.72 bits per heavy atom. The first kappa shape index (κ1) is 37.1. The number of hydrogen-bond acceptors (Lipinski definition) is 1. The summed E-state index contributed by atoms with van der Waals surface area (Å²) in [5.41, 5.74) is 18.6. The summed E-state index contributed by atoms with van der Waals surface area (Å²) >= 11 is 0. The zero-order valence-electron chi connectivity index (χ0n) is 34.8. The third-order valence-corrected chi connectivity index (χ3v) is 13.8. The van der Waals surface area contributed by atoms with Crippen LogP contribution in [0.1, 0.15) is 67.2 Å². The van der Waals surface area contributed by atoms with Crippen LogP contribution in [0.15, 0.2) is 212 Å². The van der Waals surface area contributed by atoms with E-state index in [4.69, 9.17) is 0 Å². The van der Waals surface area contributed by atoms with Crippen molar-refractivity contribution in [2.75, 3.05) is 4.90 Å². The fraction of sp³-hybridized carbons (Fsp3) is 0.133. The highest BCUT2D eigenvalue weighted by atomic mass is 15.1. The third-order valence-electron chi connectivity index (χ3n) is 13.8. The lowest BCUT2D eigenvalue weighted by Gasteiger charge is -2.31. The summed E-state index contributed by atoms with van der Waals surface area (Å²) < 4.78 is 0. The molecule has 11 rings (SSSR count). The third kappa shape index (κ3) is 6.39. The zero-order valence-corrected chi connectivity index (χ0v) is 34.8. The second-order valence-electron chi connectivity index (χ2n) is 17.2. The first-order valence-corrected chi connectivity index (χ1v) is 22.1. The Bertz CT molecular complexity index is 3010. The molecule has 1 nitrogen and oxygen atoms in total. The maximum Gasteiger partial charge on any atom is 0.0540 e. The Morgan fingerprint density at radius 2 is 0.967 bits per heavy atom. The van der Waals surface area contributed by atoms with Gasteiger partial charge in [-0.25, -0.2) is 0 Å². The van der Waals surface area contributed by atoms with Crippen LogP contribution >= 0.6 is 0 Å². The molecule has 0 radical (unpaired) electrons. The highest BCUT2D eigenvalue weighted by molar-refractivity contribution is 6.04. The van der Waals surface area contributed by atoms with E-state index in [2.05, 4.69) is 224 Å². The Hall–Kier alpha value is -6.96. The van der Waals surface area contributed by atoms with Crippen LogP contribution in [0.4, 0.5) is 17.1 Å². The molecule has 0 bridgehead atoms. The van der Waals surface area contributed by atoms with Crippen LogP contribution in [0.5, 0.6) is 0 Å². The van der Waals surface area contributed by atoms with E-state index in [-0.39, 0.29) is 5.41 Å². The first-order valence-electron chi connectivity index (χ1n) is 22.1. The van der Waals surface area contributed by atoms with Crippen LogP contribution in [-0.2, 0) is 5.41 Å². The minimum Gasteiger partial charge on any atom is -0.309 e. The van der Waals surface area contributed by atoms with E-state index in [1.54, 1.807) is 0 Å². The summed E-state index contributed by atoms with van der Waals surface area (Å²) in [5.74, 6) is 0.584. The number of nitrogens with zero attached hydrogens (tertiary/aromatic N) is 1. The Balaban J connectivity index is 1.12. The number of benzene rings is 9. The van der Waals surface area contributed by atoms with Gasteiger partial charge in [0, 0.05) is 22.2 Å².